The first-order chi connectivity index (χ1) is 6.93. The van der Waals surface area contributed by atoms with Gasteiger partial charge in [-0.3, -0.25) is 0 Å². The molecule has 0 unspecified atom stereocenters. The van der Waals surface area contributed by atoms with Gasteiger partial charge in [-0.25, -0.2) is 0 Å². The summed E-state index contributed by atoms with van der Waals surface area (Å²) in [6, 6.07) is 5.43. The predicted molar refractivity (Wildman–Crippen MR) is 54.8 cm³/mol. The van der Waals surface area contributed by atoms with Crippen molar-refractivity contribution in [2.45, 2.75) is 32.5 Å². The van der Waals surface area contributed by atoms with Crippen LogP contribution in [0.3, 0.4) is 0 Å². The Morgan fingerprint density at radius 1 is 1.33 bits per heavy atom. The van der Waals surface area contributed by atoms with Crippen molar-refractivity contribution in [3.8, 4) is 0 Å². The maximum atomic E-state index is 12.4. The van der Waals surface area contributed by atoms with E-state index >= 15 is 0 Å². The van der Waals surface area contributed by atoms with Crippen molar-refractivity contribution in [2.24, 2.45) is 0 Å². The first-order valence-corrected chi connectivity index (χ1v) is 4.87. The van der Waals surface area contributed by atoms with E-state index in [4.69, 9.17) is 0 Å². The van der Waals surface area contributed by atoms with Gasteiger partial charge in [0.05, 0.1) is 5.56 Å². The SMILES string of the molecule is CC[C@@H](C)Nc1cccc(C(F)(F)F)c1. The maximum Gasteiger partial charge on any atom is 0.416 e. The zero-order valence-electron chi connectivity index (χ0n) is 8.73. The van der Waals surface area contributed by atoms with Crippen LogP contribution in [-0.2, 0) is 6.18 Å². The fraction of sp³-hybridized carbons (Fsp3) is 0.455. The number of halogens is 3. The van der Waals surface area contributed by atoms with Crippen LogP contribution in [-0.4, -0.2) is 6.04 Å². The first kappa shape index (κ1) is 11.9. The van der Waals surface area contributed by atoms with E-state index in [2.05, 4.69) is 5.32 Å². The van der Waals surface area contributed by atoms with Gasteiger partial charge in [-0.1, -0.05) is 13.0 Å². The monoisotopic (exact) mass is 217 g/mol. The number of anilines is 1. The molecule has 0 aliphatic carbocycles. The van der Waals surface area contributed by atoms with Crippen molar-refractivity contribution < 1.29 is 13.2 Å². The Morgan fingerprint density at radius 2 is 2.00 bits per heavy atom. The Hall–Kier alpha value is -1.19. The summed E-state index contributed by atoms with van der Waals surface area (Å²) < 4.78 is 37.1. The highest BCUT2D eigenvalue weighted by atomic mass is 19.4. The molecule has 1 rings (SSSR count). The van der Waals surface area contributed by atoms with Crippen LogP contribution in [0.2, 0.25) is 0 Å². The summed E-state index contributed by atoms with van der Waals surface area (Å²) in [5.41, 5.74) is -0.102. The molecule has 0 spiro atoms. The number of benzene rings is 1. The molecular weight excluding hydrogens is 203 g/mol. The van der Waals surface area contributed by atoms with Gasteiger partial charge in [0.15, 0.2) is 0 Å². The van der Waals surface area contributed by atoms with Gasteiger partial charge in [0.2, 0.25) is 0 Å². The standard InChI is InChI=1S/C11H14F3N/c1-3-8(2)15-10-6-4-5-9(7-10)11(12,13)14/h4-8,15H,3H2,1-2H3/t8-/m1/s1. The average Bonchev–Trinajstić information content (AvgIpc) is 2.17. The van der Waals surface area contributed by atoms with Crippen LogP contribution in [0.1, 0.15) is 25.8 Å². The topological polar surface area (TPSA) is 12.0 Å². The molecule has 0 saturated heterocycles. The molecule has 15 heavy (non-hydrogen) atoms. The van der Waals surface area contributed by atoms with Gasteiger partial charge in [-0.15, -0.1) is 0 Å². The molecule has 0 amide bonds. The molecule has 4 heteroatoms. The number of nitrogens with one attached hydrogen (secondary N) is 1. The zero-order chi connectivity index (χ0) is 11.5. The smallest absolute Gasteiger partial charge is 0.383 e. The van der Waals surface area contributed by atoms with Gasteiger partial charge in [-0.2, -0.15) is 13.2 Å². The highest BCUT2D eigenvalue weighted by Gasteiger charge is 2.30. The summed E-state index contributed by atoms with van der Waals surface area (Å²) >= 11 is 0. The van der Waals surface area contributed by atoms with Gasteiger partial charge in [-0.05, 0) is 31.5 Å². The van der Waals surface area contributed by atoms with Crippen molar-refractivity contribution in [1.29, 1.82) is 0 Å². The molecule has 0 bridgehead atoms. The predicted octanol–water partition coefficient (Wildman–Crippen LogP) is 3.92. The lowest BCUT2D eigenvalue weighted by Crippen LogP contribution is -2.14. The minimum atomic E-state index is -4.27. The second-order valence-electron chi connectivity index (χ2n) is 3.53. The lowest BCUT2D eigenvalue weighted by Gasteiger charge is -2.14. The molecule has 0 fully saturated rings. The highest BCUT2D eigenvalue weighted by molar-refractivity contribution is 5.47. The molecule has 0 aliphatic rings. The van der Waals surface area contributed by atoms with Gasteiger partial charge < -0.3 is 5.32 Å². The number of hydrogen-bond donors (Lipinski definition) is 1. The van der Waals surface area contributed by atoms with Gasteiger partial charge in [0.25, 0.3) is 0 Å². The normalized spacial score (nSPS) is 13.7. The molecule has 1 N–H and O–H groups in total. The van der Waals surface area contributed by atoms with Crippen LogP contribution in [0.4, 0.5) is 18.9 Å². The number of hydrogen-bond acceptors (Lipinski definition) is 1. The Kier molecular flexibility index (Phi) is 3.61. The van der Waals surface area contributed by atoms with E-state index < -0.39 is 11.7 Å². The Bertz CT molecular complexity index is 320. The van der Waals surface area contributed by atoms with Crippen molar-refractivity contribution >= 4 is 5.69 Å². The third kappa shape index (κ3) is 3.46. The molecule has 0 aromatic heterocycles. The molecular formula is C11H14F3N. The lowest BCUT2D eigenvalue weighted by molar-refractivity contribution is -0.137. The van der Waals surface area contributed by atoms with Crippen molar-refractivity contribution in [2.75, 3.05) is 5.32 Å². The number of rotatable bonds is 3. The lowest BCUT2D eigenvalue weighted by atomic mass is 10.1. The Morgan fingerprint density at radius 3 is 2.53 bits per heavy atom. The Labute approximate surface area is 87.3 Å². The molecule has 0 saturated carbocycles. The summed E-state index contributed by atoms with van der Waals surface area (Å²) in [5, 5.41) is 3.00. The fourth-order valence-electron chi connectivity index (χ4n) is 1.17. The second-order valence-corrected chi connectivity index (χ2v) is 3.53. The minimum absolute atomic E-state index is 0.175. The average molecular weight is 217 g/mol. The third-order valence-electron chi connectivity index (χ3n) is 2.22. The van der Waals surface area contributed by atoms with Crippen molar-refractivity contribution in [1.82, 2.24) is 0 Å². The van der Waals surface area contributed by atoms with Gasteiger partial charge in [0, 0.05) is 11.7 Å². The Balaban J connectivity index is 2.84. The molecule has 1 aromatic carbocycles. The van der Waals surface area contributed by atoms with Crippen LogP contribution in [0.15, 0.2) is 24.3 Å². The summed E-state index contributed by atoms with van der Waals surface area (Å²) in [6.45, 7) is 3.91. The van der Waals surface area contributed by atoms with E-state index in [0.29, 0.717) is 5.69 Å². The molecule has 1 aromatic rings. The molecule has 0 heterocycles. The minimum Gasteiger partial charge on any atom is -0.383 e. The summed E-state index contributed by atoms with van der Waals surface area (Å²) in [6.07, 6.45) is -3.40. The van der Waals surface area contributed by atoms with Gasteiger partial charge >= 0.3 is 6.18 Å². The quantitative estimate of drug-likeness (QED) is 0.809. The molecule has 1 nitrogen and oxygen atoms in total. The molecule has 0 radical (unpaired) electrons. The summed E-state index contributed by atoms with van der Waals surface area (Å²) in [4.78, 5) is 0. The molecule has 0 aliphatic heterocycles. The fourth-order valence-corrected chi connectivity index (χ4v) is 1.17. The zero-order valence-corrected chi connectivity index (χ0v) is 8.73. The number of alkyl halides is 3. The third-order valence-corrected chi connectivity index (χ3v) is 2.22. The summed E-state index contributed by atoms with van der Waals surface area (Å²) in [5.74, 6) is 0. The van der Waals surface area contributed by atoms with E-state index in [1.165, 1.54) is 6.07 Å². The van der Waals surface area contributed by atoms with Crippen LogP contribution < -0.4 is 5.32 Å². The van der Waals surface area contributed by atoms with Crippen molar-refractivity contribution in [3.63, 3.8) is 0 Å². The van der Waals surface area contributed by atoms with Gasteiger partial charge in [0.1, 0.15) is 0 Å². The van der Waals surface area contributed by atoms with Crippen LogP contribution in [0.25, 0.3) is 0 Å². The summed E-state index contributed by atoms with van der Waals surface area (Å²) in [7, 11) is 0. The van der Waals surface area contributed by atoms with E-state index in [0.717, 1.165) is 18.6 Å². The van der Waals surface area contributed by atoms with E-state index in [1.54, 1.807) is 6.07 Å². The highest BCUT2D eigenvalue weighted by Crippen LogP contribution is 2.30. The largest absolute Gasteiger partial charge is 0.416 e. The molecule has 1 atom stereocenters. The van der Waals surface area contributed by atoms with E-state index in [-0.39, 0.29) is 6.04 Å². The molecule has 84 valence electrons. The second kappa shape index (κ2) is 4.55. The van der Waals surface area contributed by atoms with Crippen LogP contribution in [0, 0.1) is 0 Å². The van der Waals surface area contributed by atoms with E-state index in [9.17, 15) is 13.2 Å². The first-order valence-electron chi connectivity index (χ1n) is 4.87. The van der Waals surface area contributed by atoms with E-state index in [1.807, 2.05) is 13.8 Å². The van der Waals surface area contributed by atoms with Crippen LogP contribution in [0.5, 0.6) is 0 Å². The van der Waals surface area contributed by atoms with Crippen LogP contribution >= 0.6 is 0 Å². The maximum absolute atomic E-state index is 12.4. The van der Waals surface area contributed by atoms with Crippen molar-refractivity contribution in [3.05, 3.63) is 29.8 Å².